The van der Waals surface area contributed by atoms with Gasteiger partial charge < -0.3 is 15.4 Å². The van der Waals surface area contributed by atoms with Gasteiger partial charge in [-0.2, -0.15) is 5.10 Å². The van der Waals surface area contributed by atoms with Crippen LogP contribution in [0.5, 0.6) is 0 Å². The SMILES string of the molecule is CCNC(=NCCCn1nc(C)cc1C)NCCOCC(C)C. The zero-order valence-corrected chi connectivity index (χ0v) is 15.4. The molecule has 0 bridgehead atoms. The van der Waals surface area contributed by atoms with Crippen LogP contribution in [0.4, 0.5) is 0 Å². The summed E-state index contributed by atoms with van der Waals surface area (Å²) < 4.78 is 7.61. The molecule has 6 nitrogen and oxygen atoms in total. The first-order chi connectivity index (χ1) is 11.0. The van der Waals surface area contributed by atoms with Crippen molar-refractivity contribution in [3.63, 3.8) is 0 Å². The number of nitrogens with zero attached hydrogens (tertiary/aromatic N) is 3. The van der Waals surface area contributed by atoms with E-state index in [4.69, 9.17) is 4.74 Å². The number of aliphatic imine (C=N–C) groups is 1. The summed E-state index contributed by atoms with van der Waals surface area (Å²) in [5.41, 5.74) is 2.28. The molecule has 0 fully saturated rings. The van der Waals surface area contributed by atoms with Gasteiger partial charge in [0.15, 0.2) is 5.96 Å². The second-order valence-corrected chi connectivity index (χ2v) is 6.16. The van der Waals surface area contributed by atoms with E-state index in [1.165, 1.54) is 5.69 Å². The van der Waals surface area contributed by atoms with Crippen LogP contribution in [0.1, 0.15) is 38.6 Å². The summed E-state index contributed by atoms with van der Waals surface area (Å²) in [5.74, 6) is 1.43. The molecule has 1 aromatic heterocycles. The molecule has 23 heavy (non-hydrogen) atoms. The molecule has 1 heterocycles. The Morgan fingerprint density at radius 1 is 1.35 bits per heavy atom. The Morgan fingerprint density at radius 2 is 2.13 bits per heavy atom. The Kier molecular flexibility index (Phi) is 9.36. The monoisotopic (exact) mass is 323 g/mol. The molecule has 0 unspecified atom stereocenters. The number of aryl methyl sites for hydroxylation is 3. The van der Waals surface area contributed by atoms with Crippen LogP contribution in [0.3, 0.4) is 0 Å². The van der Waals surface area contributed by atoms with E-state index in [2.05, 4.69) is 54.5 Å². The Labute approximate surface area is 140 Å². The first-order valence-corrected chi connectivity index (χ1v) is 8.64. The first kappa shape index (κ1) is 19.5. The smallest absolute Gasteiger partial charge is 0.191 e. The van der Waals surface area contributed by atoms with Crippen LogP contribution in [0.25, 0.3) is 0 Å². The molecule has 0 aliphatic heterocycles. The minimum atomic E-state index is 0.575. The maximum atomic E-state index is 5.57. The Morgan fingerprint density at radius 3 is 2.74 bits per heavy atom. The summed E-state index contributed by atoms with van der Waals surface area (Å²) in [6.45, 7) is 15.3. The van der Waals surface area contributed by atoms with Gasteiger partial charge in [-0.15, -0.1) is 0 Å². The normalized spacial score (nSPS) is 12.0. The van der Waals surface area contributed by atoms with Crippen LogP contribution < -0.4 is 10.6 Å². The second kappa shape index (κ2) is 11.0. The van der Waals surface area contributed by atoms with Gasteiger partial charge in [0.25, 0.3) is 0 Å². The molecule has 0 radical (unpaired) electrons. The van der Waals surface area contributed by atoms with Gasteiger partial charge in [-0.05, 0) is 39.2 Å². The summed E-state index contributed by atoms with van der Waals surface area (Å²) in [5, 5.41) is 11.0. The lowest BCUT2D eigenvalue weighted by Crippen LogP contribution is -2.39. The van der Waals surface area contributed by atoms with Crippen molar-refractivity contribution in [3.8, 4) is 0 Å². The van der Waals surface area contributed by atoms with E-state index in [0.29, 0.717) is 12.5 Å². The summed E-state index contributed by atoms with van der Waals surface area (Å²) >= 11 is 0. The minimum absolute atomic E-state index is 0.575. The second-order valence-electron chi connectivity index (χ2n) is 6.16. The minimum Gasteiger partial charge on any atom is -0.379 e. The van der Waals surface area contributed by atoms with Gasteiger partial charge in [-0.3, -0.25) is 9.67 Å². The average Bonchev–Trinajstić information content (AvgIpc) is 2.80. The lowest BCUT2D eigenvalue weighted by molar-refractivity contribution is 0.114. The van der Waals surface area contributed by atoms with Gasteiger partial charge >= 0.3 is 0 Å². The molecule has 132 valence electrons. The maximum Gasteiger partial charge on any atom is 0.191 e. The topological polar surface area (TPSA) is 63.5 Å². The van der Waals surface area contributed by atoms with Crippen molar-refractivity contribution in [2.45, 2.75) is 47.6 Å². The van der Waals surface area contributed by atoms with Gasteiger partial charge in [0, 0.05) is 38.5 Å². The third-order valence-electron chi connectivity index (χ3n) is 3.24. The zero-order valence-electron chi connectivity index (χ0n) is 15.4. The first-order valence-electron chi connectivity index (χ1n) is 8.64. The highest BCUT2D eigenvalue weighted by Crippen LogP contribution is 2.02. The van der Waals surface area contributed by atoms with Crippen molar-refractivity contribution in [1.29, 1.82) is 0 Å². The molecule has 0 amide bonds. The van der Waals surface area contributed by atoms with Gasteiger partial charge in [0.05, 0.1) is 12.3 Å². The fourth-order valence-electron chi connectivity index (χ4n) is 2.22. The van der Waals surface area contributed by atoms with Crippen molar-refractivity contribution in [3.05, 3.63) is 17.5 Å². The number of hydrogen-bond acceptors (Lipinski definition) is 3. The largest absolute Gasteiger partial charge is 0.379 e. The van der Waals surface area contributed by atoms with E-state index >= 15 is 0 Å². The van der Waals surface area contributed by atoms with Crippen LogP contribution in [0.2, 0.25) is 0 Å². The molecule has 0 saturated heterocycles. The highest BCUT2D eigenvalue weighted by Gasteiger charge is 2.01. The van der Waals surface area contributed by atoms with E-state index in [1.54, 1.807) is 0 Å². The average molecular weight is 323 g/mol. The van der Waals surface area contributed by atoms with Crippen molar-refractivity contribution >= 4 is 5.96 Å². The van der Waals surface area contributed by atoms with E-state index in [0.717, 1.165) is 50.9 Å². The molecular weight excluding hydrogens is 290 g/mol. The van der Waals surface area contributed by atoms with Crippen LogP contribution in [-0.2, 0) is 11.3 Å². The van der Waals surface area contributed by atoms with Crippen LogP contribution in [0, 0.1) is 19.8 Å². The highest BCUT2D eigenvalue weighted by atomic mass is 16.5. The Bertz CT molecular complexity index is 468. The Hall–Kier alpha value is -1.56. The molecular formula is C17H33N5O. The van der Waals surface area contributed by atoms with Gasteiger partial charge in [0.2, 0.25) is 0 Å². The highest BCUT2D eigenvalue weighted by molar-refractivity contribution is 5.79. The van der Waals surface area contributed by atoms with E-state index < -0.39 is 0 Å². The number of guanidine groups is 1. The fraction of sp³-hybridized carbons (Fsp3) is 0.765. The standard InChI is InChI=1S/C17H33N5O/c1-6-18-17(20-9-11-23-13-14(2)3)19-8-7-10-22-16(5)12-15(4)21-22/h12,14H,6-11,13H2,1-5H3,(H2,18,19,20). The summed E-state index contributed by atoms with van der Waals surface area (Å²) in [7, 11) is 0. The van der Waals surface area contributed by atoms with Crippen molar-refractivity contribution < 1.29 is 4.74 Å². The molecule has 0 aliphatic carbocycles. The summed E-state index contributed by atoms with van der Waals surface area (Å²) in [6, 6.07) is 2.10. The third-order valence-corrected chi connectivity index (χ3v) is 3.24. The van der Waals surface area contributed by atoms with Gasteiger partial charge in [-0.1, -0.05) is 13.8 Å². The van der Waals surface area contributed by atoms with E-state index in [1.807, 2.05) is 11.6 Å². The van der Waals surface area contributed by atoms with Crippen LogP contribution in [-0.4, -0.2) is 48.6 Å². The lowest BCUT2D eigenvalue weighted by Gasteiger charge is -2.12. The number of ether oxygens (including phenoxy) is 1. The predicted molar refractivity (Wildman–Crippen MR) is 96.0 cm³/mol. The molecule has 1 rings (SSSR count). The Balaban J connectivity index is 2.26. The van der Waals surface area contributed by atoms with Crippen LogP contribution >= 0.6 is 0 Å². The van der Waals surface area contributed by atoms with Crippen molar-refractivity contribution in [2.75, 3.05) is 32.8 Å². The maximum absolute atomic E-state index is 5.57. The van der Waals surface area contributed by atoms with E-state index in [9.17, 15) is 0 Å². The molecule has 1 aromatic rings. The van der Waals surface area contributed by atoms with Gasteiger partial charge in [0.1, 0.15) is 0 Å². The summed E-state index contributed by atoms with van der Waals surface area (Å²) in [4.78, 5) is 4.60. The van der Waals surface area contributed by atoms with Crippen molar-refractivity contribution in [2.24, 2.45) is 10.9 Å². The number of hydrogen-bond donors (Lipinski definition) is 2. The molecule has 0 spiro atoms. The predicted octanol–water partition coefficient (Wildman–Crippen LogP) is 2.12. The number of aromatic nitrogens is 2. The molecule has 0 atom stereocenters. The van der Waals surface area contributed by atoms with Crippen LogP contribution in [0.15, 0.2) is 11.1 Å². The van der Waals surface area contributed by atoms with E-state index in [-0.39, 0.29) is 0 Å². The lowest BCUT2D eigenvalue weighted by atomic mass is 10.2. The number of nitrogens with one attached hydrogen (secondary N) is 2. The van der Waals surface area contributed by atoms with Crippen molar-refractivity contribution in [1.82, 2.24) is 20.4 Å². The number of rotatable bonds is 10. The van der Waals surface area contributed by atoms with Gasteiger partial charge in [-0.25, -0.2) is 0 Å². The summed E-state index contributed by atoms with van der Waals surface area (Å²) in [6.07, 6.45) is 0.975. The fourth-order valence-corrected chi connectivity index (χ4v) is 2.22. The molecule has 0 aliphatic rings. The molecule has 0 aromatic carbocycles. The molecule has 0 saturated carbocycles. The molecule has 2 N–H and O–H groups in total. The molecule has 6 heteroatoms. The quantitative estimate of drug-likeness (QED) is 0.393. The third kappa shape index (κ3) is 8.59. The zero-order chi connectivity index (χ0) is 17.1.